The molecule has 1 N–H and O–H groups in total. The molecule has 0 aromatic rings. The lowest BCUT2D eigenvalue weighted by Gasteiger charge is -2.47. The van der Waals surface area contributed by atoms with Gasteiger partial charge in [0.05, 0.1) is 0 Å². The highest BCUT2D eigenvalue weighted by Gasteiger charge is 2.40. The molecule has 82 valence electrons. The van der Waals surface area contributed by atoms with E-state index in [4.69, 9.17) is 0 Å². The molecule has 1 heteroatoms. The summed E-state index contributed by atoms with van der Waals surface area (Å²) in [4.78, 5) is 0. The first-order valence-electron chi connectivity index (χ1n) is 6.30. The summed E-state index contributed by atoms with van der Waals surface area (Å²) in [6, 6.07) is 0. The van der Waals surface area contributed by atoms with Crippen LogP contribution in [0.15, 0.2) is 0 Å². The molecule has 2 fully saturated rings. The average molecular weight is 195 g/mol. The zero-order chi connectivity index (χ0) is 10.2. The topological polar surface area (TPSA) is 12.0 Å². The standard InChI is InChI=1S/C13H25N/c1-13(2,3)12-9-14-8-10-6-4-5-7-11(10)12/h10-12,14H,4-9H2,1-3H3. The Morgan fingerprint density at radius 3 is 2.43 bits per heavy atom. The molecule has 0 aromatic heterocycles. The van der Waals surface area contributed by atoms with Gasteiger partial charge in [-0.25, -0.2) is 0 Å². The smallest absolute Gasteiger partial charge is 0.00126 e. The molecule has 0 spiro atoms. The van der Waals surface area contributed by atoms with Crippen LogP contribution in [0.3, 0.4) is 0 Å². The summed E-state index contributed by atoms with van der Waals surface area (Å²) in [7, 11) is 0. The first kappa shape index (κ1) is 10.5. The molecule has 0 bridgehead atoms. The van der Waals surface area contributed by atoms with E-state index in [1.54, 1.807) is 0 Å². The van der Waals surface area contributed by atoms with E-state index in [0.29, 0.717) is 5.41 Å². The minimum Gasteiger partial charge on any atom is -0.316 e. The van der Waals surface area contributed by atoms with Crippen LogP contribution in [0.1, 0.15) is 46.5 Å². The van der Waals surface area contributed by atoms with E-state index in [9.17, 15) is 0 Å². The number of fused-ring (bicyclic) bond motifs is 1. The summed E-state index contributed by atoms with van der Waals surface area (Å²) in [5, 5.41) is 3.64. The second kappa shape index (κ2) is 3.84. The van der Waals surface area contributed by atoms with E-state index >= 15 is 0 Å². The van der Waals surface area contributed by atoms with Crippen LogP contribution in [0.4, 0.5) is 0 Å². The molecule has 0 amide bonds. The van der Waals surface area contributed by atoms with Gasteiger partial charge in [-0.15, -0.1) is 0 Å². The van der Waals surface area contributed by atoms with Crippen molar-refractivity contribution >= 4 is 0 Å². The van der Waals surface area contributed by atoms with Crippen molar-refractivity contribution in [3.05, 3.63) is 0 Å². The Labute approximate surface area is 88.7 Å². The molecule has 1 aliphatic heterocycles. The van der Waals surface area contributed by atoms with E-state index < -0.39 is 0 Å². The highest BCUT2D eigenvalue weighted by Crippen LogP contribution is 2.44. The fourth-order valence-electron chi connectivity index (χ4n) is 3.54. The van der Waals surface area contributed by atoms with Crippen LogP contribution >= 0.6 is 0 Å². The Bertz CT molecular complexity index is 190. The number of hydrogen-bond acceptors (Lipinski definition) is 1. The van der Waals surface area contributed by atoms with Crippen LogP contribution in [0.25, 0.3) is 0 Å². The van der Waals surface area contributed by atoms with Crippen LogP contribution < -0.4 is 5.32 Å². The van der Waals surface area contributed by atoms with Crippen molar-refractivity contribution in [1.82, 2.24) is 5.32 Å². The van der Waals surface area contributed by atoms with Gasteiger partial charge in [0.25, 0.3) is 0 Å². The van der Waals surface area contributed by atoms with E-state index in [0.717, 1.165) is 17.8 Å². The van der Waals surface area contributed by atoms with Gasteiger partial charge in [-0.1, -0.05) is 33.6 Å². The molecule has 1 heterocycles. The number of nitrogens with one attached hydrogen (secondary N) is 1. The SMILES string of the molecule is CC(C)(C)C1CNCC2CCCCC21. The van der Waals surface area contributed by atoms with E-state index in [1.165, 1.54) is 38.8 Å². The Hall–Kier alpha value is -0.0400. The Balaban J connectivity index is 2.09. The Morgan fingerprint density at radius 2 is 1.71 bits per heavy atom. The molecule has 1 aliphatic carbocycles. The van der Waals surface area contributed by atoms with Gasteiger partial charge < -0.3 is 5.32 Å². The zero-order valence-electron chi connectivity index (χ0n) is 9.97. The number of rotatable bonds is 0. The van der Waals surface area contributed by atoms with Gasteiger partial charge in [-0.2, -0.15) is 0 Å². The third-order valence-corrected chi connectivity index (χ3v) is 4.37. The molecule has 1 saturated carbocycles. The molecular formula is C13H25N. The van der Waals surface area contributed by atoms with Gasteiger partial charge in [0.2, 0.25) is 0 Å². The maximum absolute atomic E-state index is 3.64. The van der Waals surface area contributed by atoms with Crippen molar-refractivity contribution in [2.24, 2.45) is 23.2 Å². The predicted octanol–water partition coefficient (Wildman–Crippen LogP) is 3.06. The van der Waals surface area contributed by atoms with Gasteiger partial charge in [-0.3, -0.25) is 0 Å². The van der Waals surface area contributed by atoms with Crippen LogP contribution in [-0.2, 0) is 0 Å². The monoisotopic (exact) mass is 195 g/mol. The van der Waals surface area contributed by atoms with Crippen molar-refractivity contribution in [3.8, 4) is 0 Å². The van der Waals surface area contributed by atoms with Crippen LogP contribution in [0.2, 0.25) is 0 Å². The highest BCUT2D eigenvalue weighted by molar-refractivity contribution is 4.92. The molecule has 1 saturated heterocycles. The highest BCUT2D eigenvalue weighted by atomic mass is 14.9. The zero-order valence-corrected chi connectivity index (χ0v) is 9.97. The maximum Gasteiger partial charge on any atom is -0.00126 e. The summed E-state index contributed by atoms with van der Waals surface area (Å²) in [5.74, 6) is 2.91. The Kier molecular flexibility index (Phi) is 2.88. The van der Waals surface area contributed by atoms with Crippen LogP contribution in [0.5, 0.6) is 0 Å². The molecular weight excluding hydrogens is 170 g/mol. The van der Waals surface area contributed by atoms with Crippen LogP contribution in [0, 0.1) is 23.2 Å². The van der Waals surface area contributed by atoms with E-state index in [1.807, 2.05) is 0 Å². The summed E-state index contributed by atoms with van der Waals surface area (Å²) in [5.41, 5.74) is 0.494. The minimum atomic E-state index is 0.494. The van der Waals surface area contributed by atoms with Crippen molar-refractivity contribution in [3.63, 3.8) is 0 Å². The molecule has 14 heavy (non-hydrogen) atoms. The minimum absolute atomic E-state index is 0.494. The second-order valence-corrected chi connectivity index (χ2v) is 6.34. The second-order valence-electron chi connectivity index (χ2n) is 6.34. The summed E-state index contributed by atoms with van der Waals surface area (Å²) >= 11 is 0. The third kappa shape index (κ3) is 1.98. The fraction of sp³-hybridized carbons (Fsp3) is 1.00. The quantitative estimate of drug-likeness (QED) is 0.626. The molecule has 2 aliphatic rings. The van der Waals surface area contributed by atoms with Gasteiger partial charge in [0, 0.05) is 0 Å². The molecule has 1 nitrogen and oxygen atoms in total. The van der Waals surface area contributed by atoms with E-state index in [2.05, 4.69) is 26.1 Å². The predicted molar refractivity (Wildman–Crippen MR) is 61.3 cm³/mol. The summed E-state index contributed by atoms with van der Waals surface area (Å²) in [6.45, 7) is 9.78. The van der Waals surface area contributed by atoms with Crippen molar-refractivity contribution in [2.75, 3.05) is 13.1 Å². The van der Waals surface area contributed by atoms with Gasteiger partial charge in [0.15, 0.2) is 0 Å². The molecule has 0 aromatic carbocycles. The lowest BCUT2D eigenvalue weighted by atomic mass is 9.62. The molecule has 0 radical (unpaired) electrons. The first-order chi connectivity index (χ1) is 6.59. The third-order valence-electron chi connectivity index (χ3n) is 4.37. The van der Waals surface area contributed by atoms with Crippen molar-refractivity contribution in [2.45, 2.75) is 46.5 Å². The normalized spacial score (nSPS) is 39.2. The first-order valence-corrected chi connectivity index (χ1v) is 6.30. The van der Waals surface area contributed by atoms with Crippen LogP contribution in [-0.4, -0.2) is 13.1 Å². The maximum atomic E-state index is 3.64. The van der Waals surface area contributed by atoms with Gasteiger partial charge >= 0.3 is 0 Å². The number of hydrogen-bond donors (Lipinski definition) is 1. The molecule has 3 unspecified atom stereocenters. The van der Waals surface area contributed by atoms with Gasteiger partial charge in [-0.05, 0) is 49.1 Å². The fourth-order valence-corrected chi connectivity index (χ4v) is 3.54. The molecule has 2 rings (SSSR count). The average Bonchev–Trinajstić information content (AvgIpc) is 2.15. The summed E-state index contributed by atoms with van der Waals surface area (Å²) < 4.78 is 0. The lowest BCUT2D eigenvalue weighted by molar-refractivity contribution is 0.0465. The summed E-state index contributed by atoms with van der Waals surface area (Å²) in [6.07, 6.45) is 5.92. The largest absolute Gasteiger partial charge is 0.316 e. The molecule has 3 atom stereocenters. The van der Waals surface area contributed by atoms with Crippen molar-refractivity contribution in [1.29, 1.82) is 0 Å². The van der Waals surface area contributed by atoms with Crippen molar-refractivity contribution < 1.29 is 0 Å². The van der Waals surface area contributed by atoms with Gasteiger partial charge in [0.1, 0.15) is 0 Å². The lowest BCUT2D eigenvalue weighted by Crippen LogP contribution is -2.49. The number of piperidine rings is 1. The Morgan fingerprint density at radius 1 is 1.00 bits per heavy atom. The van der Waals surface area contributed by atoms with E-state index in [-0.39, 0.29) is 0 Å².